The van der Waals surface area contributed by atoms with Gasteiger partial charge in [-0.05, 0) is 43.4 Å². The van der Waals surface area contributed by atoms with Gasteiger partial charge in [0.05, 0.1) is 12.7 Å². The molecule has 1 heterocycles. The molecule has 1 N–H and O–H groups in total. The first-order chi connectivity index (χ1) is 9.84. The number of rotatable bonds is 4. The van der Waals surface area contributed by atoms with Gasteiger partial charge in [-0.3, -0.25) is 9.48 Å². The van der Waals surface area contributed by atoms with Crippen molar-refractivity contribution in [1.29, 1.82) is 0 Å². The molecule has 2 aromatic rings. The van der Waals surface area contributed by atoms with Crippen LogP contribution in [-0.2, 0) is 19.4 Å². The Morgan fingerprint density at radius 3 is 2.85 bits per heavy atom. The molecular formula is C16H19N3O. The van der Waals surface area contributed by atoms with E-state index in [-0.39, 0.29) is 5.91 Å². The molecule has 1 amide bonds. The van der Waals surface area contributed by atoms with Crippen LogP contribution in [-0.4, -0.2) is 22.2 Å². The number of aromatic nitrogens is 2. The van der Waals surface area contributed by atoms with E-state index in [0.29, 0.717) is 12.1 Å². The molecule has 3 rings (SSSR count). The van der Waals surface area contributed by atoms with Crippen LogP contribution in [0.5, 0.6) is 0 Å². The van der Waals surface area contributed by atoms with E-state index in [2.05, 4.69) is 10.4 Å². The fourth-order valence-electron chi connectivity index (χ4n) is 2.72. The number of aryl methyl sites for hydroxylation is 1. The first-order valence-corrected chi connectivity index (χ1v) is 7.21. The molecule has 1 aliphatic rings. The van der Waals surface area contributed by atoms with E-state index in [0.717, 1.165) is 19.4 Å². The summed E-state index contributed by atoms with van der Waals surface area (Å²) < 4.78 is 2.04. The van der Waals surface area contributed by atoms with Gasteiger partial charge in [0, 0.05) is 17.8 Å². The van der Waals surface area contributed by atoms with Crippen molar-refractivity contribution in [2.45, 2.75) is 32.2 Å². The normalized spacial score (nSPS) is 13.8. The highest BCUT2D eigenvalue weighted by Crippen LogP contribution is 2.20. The Labute approximate surface area is 118 Å². The van der Waals surface area contributed by atoms with Gasteiger partial charge in [-0.25, -0.2) is 0 Å². The molecule has 0 bridgehead atoms. The summed E-state index contributed by atoms with van der Waals surface area (Å²) in [5, 5.41) is 7.38. The van der Waals surface area contributed by atoms with E-state index in [9.17, 15) is 4.79 Å². The lowest BCUT2D eigenvalue weighted by Crippen LogP contribution is -2.28. The van der Waals surface area contributed by atoms with Gasteiger partial charge in [0.25, 0.3) is 5.91 Å². The van der Waals surface area contributed by atoms with Crippen molar-refractivity contribution in [1.82, 2.24) is 15.1 Å². The maximum atomic E-state index is 11.9. The van der Waals surface area contributed by atoms with Crippen LogP contribution in [0.3, 0.4) is 0 Å². The van der Waals surface area contributed by atoms with E-state index < -0.39 is 0 Å². The molecule has 1 aromatic heterocycles. The molecule has 1 aromatic carbocycles. The second-order valence-electron chi connectivity index (χ2n) is 5.17. The summed E-state index contributed by atoms with van der Waals surface area (Å²) in [6.07, 6.45) is 6.75. The molecule has 0 atom stereocenters. The van der Waals surface area contributed by atoms with Crippen molar-refractivity contribution < 1.29 is 4.79 Å². The number of fused-ring (bicyclic) bond motifs is 1. The van der Waals surface area contributed by atoms with Gasteiger partial charge in [-0.1, -0.05) is 18.2 Å². The molecule has 0 spiro atoms. The summed E-state index contributed by atoms with van der Waals surface area (Å²) in [5.41, 5.74) is 3.44. The first-order valence-electron chi connectivity index (χ1n) is 7.21. The van der Waals surface area contributed by atoms with Crippen LogP contribution in [0.1, 0.15) is 34.5 Å². The van der Waals surface area contributed by atoms with Crippen molar-refractivity contribution in [3.05, 3.63) is 53.3 Å². The summed E-state index contributed by atoms with van der Waals surface area (Å²) in [6, 6.07) is 9.31. The van der Waals surface area contributed by atoms with E-state index in [4.69, 9.17) is 0 Å². The molecule has 0 radical (unpaired) electrons. The summed E-state index contributed by atoms with van der Waals surface area (Å²) in [6.45, 7) is 1.36. The van der Waals surface area contributed by atoms with E-state index in [1.807, 2.05) is 41.2 Å². The number of carbonyl (C=O) groups excluding carboxylic acids is 1. The first kappa shape index (κ1) is 12.9. The van der Waals surface area contributed by atoms with Crippen LogP contribution >= 0.6 is 0 Å². The topological polar surface area (TPSA) is 46.9 Å². The third-order valence-electron chi connectivity index (χ3n) is 3.79. The summed E-state index contributed by atoms with van der Waals surface area (Å²) in [4.78, 5) is 11.9. The third kappa shape index (κ3) is 2.74. The minimum Gasteiger partial charge on any atom is -0.350 e. The maximum Gasteiger partial charge on any atom is 0.251 e. The lowest BCUT2D eigenvalue weighted by Gasteiger charge is -2.14. The average molecular weight is 269 g/mol. The molecule has 4 nitrogen and oxygen atoms in total. The third-order valence-corrected chi connectivity index (χ3v) is 3.79. The summed E-state index contributed by atoms with van der Waals surface area (Å²) in [7, 11) is 0. The zero-order chi connectivity index (χ0) is 13.8. The maximum absolute atomic E-state index is 11.9. The molecule has 20 heavy (non-hydrogen) atoms. The second-order valence-corrected chi connectivity index (χ2v) is 5.17. The van der Waals surface area contributed by atoms with Crippen LogP contribution in [0.2, 0.25) is 0 Å². The predicted molar refractivity (Wildman–Crippen MR) is 77.6 cm³/mol. The van der Waals surface area contributed by atoms with Gasteiger partial charge >= 0.3 is 0 Å². The Morgan fingerprint density at radius 1 is 1.20 bits per heavy atom. The van der Waals surface area contributed by atoms with Gasteiger partial charge < -0.3 is 5.32 Å². The van der Waals surface area contributed by atoms with Crippen LogP contribution in [0.4, 0.5) is 0 Å². The number of amides is 1. The van der Waals surface area contributed by atoms with Gasteiger partial charge in [0.2, 0.25) is 0 Å². The van der Waals surface area contributed by atoms with E-state index in [1.54, 1.807) is 0 Å². The Kier molecular flexibility index (Phi) is 3.81. The molecular weight excluding hydrogens is 250 g/mol. The SMILES string of the molecule is O=C(NCCn1ncc2c1CCCC2)c1ccccc1. The Bertz CT molecular complexity index is 589. The predicted octanol–water partition coefficient (Wildman–Crippen LogP) is 2.19. The highest BCUT2D eigenvalue weighted by atomic mass is 16.1. The Morgan fingerprint density at radius 2 is 2.00 bits per heavy atom. The van der Waals surface area contributed by atoms with Gasteiger partial charge in [-0.15, -0.1) is 0 Å². The number of nitrogens with zero attached hydrogens (tertiary/aromatic N) is 2. The van der Waals surface area contributed by atoms with E-state index in [1.165, 1.54) is 24.1 Å². The Balaban J connectivity index is 1.55. The van der Waals surface area contributed by atoms with Crippen LogP contribution in [0.15, 0.2) is 36.5 Å². The monoisotopic (exact) mass is 269 g/mol. The molecule has 104 valence electrons. The lowest BCUT2D eigenvalue weighted by molar-refractivity contribution is 0.0952. The van der Waals surface area contributed by atoms with Crippen molar-refractivity contribution in [2.24, 2.45) is 0 Å². The molecule has 1 aliphatic carbocycles. The number of nitrogens with one attached hydrogen (secondary N) is 1. The molecule has 4 heteroatoms. The van der Waals surface area contributed by atoms with Gasteiger partial charge in [-0.2, -0.15) is 5.10 Å². The fraction of sp³-hybridized carbons (Fsp3) is 0.375. The van der Waals surface area contributed by atoms with Crippen molar-refractivity contribution >= 4 is 5.91 Å². The van der Waals surface area contributed by atoms with Crippen LogP contribution in [0.25, 0.3) is 0 Å². The number of hydrogen-bond acceptors (Lipinski definition) is 2. The highest BCUT2D eigenvalue weighted by Gasteiger charge is 2.14. The molecule has 0 saturated heterocycles. The van der Waals surface area contributed by atoms with Crippen molar-refractivity contribution in [2.75, 3.05) is 6.54 Å². The zero-order valence-electron chi connectivity index (χ0n) is 11.5. The molecule has 0 saturated carbocycles. The average Bonchev–Trinajstić information content (AvgIpc) is 2.92. The molecule has 0 unspecified atom stereocenters. The number of benzene rings is 1. The lowest BCUT2D eigenvalue weighted by atomic mass is 9.98. The standard InChI is InChI=1S/C16H19N3O/c20-16(13-6-2-1-3-7-13)17-10-11-19-15-9-5-4-8-14(15)12-18-19/h1-3,6-7,12H,4-5,8-11H2,(H,17,20). The van der Waals surface area contributed by atoms with Crippen LogP contribution < -0.4 is 5.32 Å². The number of hydrogen-bond donors (Lipinski definition) is 1. The zero-order valence-corrected chi connectivity index (χ0v) is 11.5. The van der Waals surface area contributed by atoms with Crippen LogP contribution in [0, 0.1) is 0 Å². The minimum absolute atomic E-state index is 0.0216. The summed E-state index contributed by atoms with van der Waals surface area (Å²) >= 11 is 0. The highest BCUT2D eigenvalue weighted by molar-refractivity contribution is 5.94. The van der Waals surface area contributed by atoms with E-state index >= 15 is 0 Å². The van der Waals surface area contributed by atoms with Crippen molar-refractivity contribution in [3.63, 3.8) is 0 Å². The Hall–Kier alpha value is -2.10. The smallest absolute Gasteiger partial charge is 0.251 e. The van der Waals surface area contributed by atoms with Crippen molar-refractivity contribution in [3.8, 4) is 0 Å². The minimum atomic E-state index is -0.0216. The molecule has 0 fully saturated rings. The van der Waals surface area contributed by atoms with Gasteiger partial charge in [0.15, 0.2) is 0 Å². The second kappa shape index (κ2) is 5.90. The number of carbonyl (C=O) groups is 1. The quantitative estimate of drug-likeness (QED) is 0.925. The van der Waals surface area contributed by atoms with Gasteiger partial charge in [0.1, 0.15) is 0 Å². The largest absolute Gasteiger partial charge is 0.350 e. The molecule has 0 aliphatic heterocycles. The fourth-order valence-corrected chi connectivity index (χ4v) is 2.72. The summed E-state index contributed by atoms with van der Waals surface area (Å²) in [5.74, 6) is -0.0216.